The molecular formula is C23H33N5O7. The smallest absolute Gasteiger partial charge is 0.253 e. The van der Waals surface area contributed by atoms with Crippen molar-refractivity contribution in [2.75, 3.05) is 77.8 Å². The fourth-order valence-electron chi connectivity index (χ4n) is 2.99. The Labute approximate surface area is 204 Å². The van der Waals surface area contributed by atoms with Gasteiger partial charge in [0.05, 0.1) is 51.0 Å². The number of nitrogens with zero attached hydrogens (tertiary/aromatic N) is 2. The lowest BCUT2D eigenvalue weighted by molar-refractivity contribution is -0.137. The molecule has 1 aromatic rings. The van der Waals surface area contributed by atoms with E-state index in [1.807, 2.05) is 0 Å². The van der Waals surface area contributed by atoms with Crippen molar-refractivity contribution in [3.63, 3.8) is 0 Å². The second-order valence-corrected chi connectivity index (χ2v) is 7.67. The normalized spacial score (nSPS) is 12.9. The molecule has 1 aliphatic heterocycles. The molecule has 35 heavy (non-hydrogen) atoms. The van der Waals surface area contributed by atoms with Crippen molar-refractivity contribution in [2.45, 2.75) is 6.42 Å². The van der Waals surface area contributed by atoms with Crippen molar-refractivity contribution in [2.24, 2.45) is 0 Å². The van der Waals surface area contributed by atoms with Crippen LogP contribution in [0.3, 0.4) is 0 Å². The van der Waals surface area contributed by atoms with E-state index in [0.717, 1.165) is 4.90 Å². The first-order valence-corrected chi connectivity index (χ1v) is 11.2. The van der Waals surface area contributed by atoms with Crippen molar-refractivity contribution in [1.29, 1.82) is 0 Å². The molecule has 192 valence electrons. The number of benzene rings is 1. The summed E-state index contributed by atoms with van der Waals surface area (Å²) in [5.41, 5.74) is 12.7. The number of hydrogen-bond donors (Lipinski definition) is 3. The second kappa shape index (κ2) is 14.7. The maximum atomic E-state index is 12.4. The van der Waals surface area contributed by atoms with Gasteiger partial charge in [-0.3, -0.25) is 24.1 Å². The van der Waals surface area contributed by atoms with Crippen LogP contribution in [0.15, 0.2) is 30.4 Å². The summed E-state index contributed by atoms with van der Waals surface area (Å²) in [6, 6.07) is 4.79. The van der Waals surface area contributed by atoms with E-state index < -0.39 is 11.8 Å². The summed E-state index contributed by atoms with van der Waals surface area (Å²) >= 11 is 0. The van der Waals surface area contributed by atoms with Crippen LogP contribution >= 0.6 is 0 Å². The number of nitrogens with one attached hydrogen (secondary N) is 1. The lowest BCUT2D eigenvalue weighted by atomic mass is 10.1. The third kappa shape index (κ3) is 9.73. The minimum atomic E-state index is -0.403. The zero-order valence-corrected chi connectivity index (χ0v) is 19.9. The third-order valence-corrected chi connectivity index (χ3v) is 5.03. The molecule has 2 rings (SSSR count). The Hall–Kier alpha value is -3.48. The minimum Gasteiger partial charge on any atom is -0.397 e. The molecule has 0 spiro atoms. The summed E-state index contributed by atoms with van der Waals surface area (Å²) in [6.45, 7) is 2.96. The van der Waals surface area contributed by atoms with Gasteiger partial charge in [-0.25, -0.2) is 0 Å². The van der Waals surface area contributed by atoms with E-state index in [2.05, 4.69) is 5.32 Å². The molecule has 0 aliphatic carbocycles. The van der Waals surface area contributed by atoms with Gasteiger partial charge in [0.2, 0.25) is 5.91 Å². The average molecular weight is 492 g/mol. The molecular weight excluding hydrogens is 458 g/mol. The molecule has 12 heteroatoms. The monoisotopic (exact) mass is 491 g/mol. The molecule has 12 nitrogen and oxygen atoms in total. The minimum absolute atomic E-state index is 0.0439. The summed E-state index contributed by atoms with van der Waals surface area (Å²) < 4.78 is 16.3. The molecule has 0 aromatic heterocycles. The largest absolute Gasteiger partial charge is 0.397 e. The maximum absolute atomic E-state index is 12.4. The number of amides is 4. The van der Waals surface area contributed by atoms with Gasteiger partial charge in [0.1, 0.15) is 0 Å². The van der Waals surface area contributed by atoms with Gasteiger partial charge in [0, 0.05) is 50.8 Å². The average Bonchev–Trinajstić information content (AvgIpc) is 3.16. The number of anilines is 2. The summed E-state index contributed by atoms with van der Waals surface area (Å²) in [4.78, 5) is 49.5. The van der Waals surface area contributed by atoms with Crippen molar-refractivity contribution in [3.05, 3.63) is 35.9 Å². The fourth-order valence-corrected chi connectivity index (χ4v) is 2.99. The first-order valence-electron chi connectivity index (χ1n) is 11.2. The molecule has 0 saturated carbocycles. The van der Waals surface area contributed by atoms with Gasteiger partial charge < -0.3 is 35.9 Å². The Bertz CT molecular complexity index is 904. The van der Waals surface area contributed by atoms with E-state index >= 15 is 0 Å². The summed E-state index contributed by atoms with van der Waals surface area (Å²) in [6.07, 6.45) is 2.41. The lowest BCUT2D eigenvalue weighted by Crippen LogP contribution is -2.35. The topological polar surface area (TPSA) is 167 Å². The number of rotatable bonds is 16. The van der Waals surface area contributed by atoms with Crippen LogP contribution in [-0.2, 0) is 28.6 Å². The van der Waals surface area contributed by atoms with Crippen LogP contribution < -0.4 is 16.8 Å². The van der Waals surface area contributed by atoms with Crippen LogP contribution in [0.25, 0.3) is 0 Å². The first-order chi connectivity index (χ1) is 16.8. The van der Waals surface area contributed by atoms with Crippen molar-refractivity contribution in [3.8, 4) is 0 Å². The van der Waals surface area contributed by atoms with Gasteiger partial charge in [0.15, 0.2) is 0 Å². The summed E-state index contributed by atoms with van der Waals surface area (Å²) in [5.74, 6) is -1.24. The van der Waals surface area contributed by atoms with Crippen molar-refractivity contribution < 1.29 is 33.4 Å². The number of nitrogens with two attached hydrogens (primary N) is 2. The highest BCUT2D eigenvalue weighted by molar-refractivity contribution is 6.13. The summed E-state index contributed by atoms with van der Waals surface area (Å²) in [7, 11) is 1.68. The maximum Gasteiger partial charge on any atom is 0.253 e. The summed E-state index contributed by atoms with van der Waals surface area (Å²) in [5, 5.41) is 2.66. The van der Waals surface area contributed by atoms with Crippen LogP contribution in [0.4, 0.5) is 11.4 Å². The number of carbonyl (C=O) groups is 4. The van der Waals surface area contributed by atoms with Crippen LogP contribution in [0.5, 0.6) is 0 Å². The Morgan fingerprint density at radius 1 is 0.914 bits per heavy atom. The number of ether oxygens (including phenoxy) is 3. The quantitative estimate of drug-likeness (QED) is 0.155. The van der Waals surface area contributed by atoms with Gasteiger partial charge in [-0.05, 0) is 18.2 Å². The van der Waals surface area contributed by atoms with E-state index in [1.54, 1.807) is 30.1 Å². The molecule has 1 aromatic carbocycles. The number of likely N-dealkylation sites (N-methyl/N-ethyl adjacent to an activating group) is 1. The number of hydrogen-bond acceptors (Lipinski definition) is 9. The van der Waals surface area contributed by atoms with E-state index in [-0.39, 0.29) is 24.8 Å². The third-order valence-electron chi connectivity index (χ3n) is 5.03. The zero-order chi connectivity index (χ0) is 25.6. The highest BCUT2D eigenvalue weighted by Crippen LogP contribution is 2.17. The predicted octanol–water partition coefficient (Wildman–Crippen LogP) is -0.596. The predicted molar refractivity (Wildman–Crippen MR) is 128 cm³/mol. The molecule has 4 amide bonds. The van der Waals surface area contributed by atoms with E-state index in [4.69, 9.17) is 25.7 Å². The number of carbonyl (C=O) groups excluding carboxylic acids is 4. The highest BCUT2D eigenvalue weighted by atomic mass is 16.5. The van der Waals surface area contributed by atoms with Gasteiger partial charge in [-0.1, -0.05) is 0 Å². The molecule has 5 N–H and O–H groups in total. The number of imide groups is 1. The number of nitrogen functional groups attached to an aromatic ring is 2. The molecule has 0 fully saturated rings. The fraction of sp³-hybridized carbons (Fsp3) is 0.478. The SMILES string of the molecule is CN(CCOCCOCCOCCNC(=O)CCN1C(=O)C=CC1=O)C(=O)c1ccc(N)c(N)c1. The van der Waals surface area contributed by atoms with E-state index in [1.165, 1.54) is 12.2 Å². The Morgan fingerprint density at radius 2 is 1.51 bits per heavy atom. The van der Waals surface area contributed by atoms with Crippen molar-refractivity contribution in [1.82, 2.24) is 15.1 Å². The van der Waals surface area contributed by atoms with Gasteiger partial charge in [-0.15, -0.1) is 0 Å². The Kier molecular flexibility index (Phi) is 11.7. The molecule has 0 atom stereocenters. The highest BCUT2D eigenvalue weighted by Gasteiger charge is 2.23. The molecule has 1 aliphatic rings. The lowest BCUT2D eigenvalue weighted by Gasteiger charge is -2.17. The van der Waals surface area contributed by atoms with Gasteiger partial charge >= 0.3 is 0 Å². The molecule has 0 bridgehead atoms. The first kappa shape index (κ1) is 27.8. The van der Waals surface area contributed by atoms with Gasteiger partial charge in [-0.2, -0.15) is 0 Å². The van der Waals surface area contributed by atoms with Crippen molar-refractivity contribution >= 4 is 35.0 Å². The van der Waals surface area contributed by atoms with E-state index in [0.29, 0.717) is 69.7 Å². The molecule has 1 heterocycles. The Morgan fingerprint density at radius 3 is 2.14 bits per heavy atom. The molecule has 0 radical (unpaired) electrons. The Balaban J connectivity index is 1.39. The second-order valence-electron chi connectivity index (χ2n) is 7.67. The van der Waals surface area contributed by atoms with E-state index in [9.17, 15) is 19.2 Å². The standard InChI is InChI=1S/C23H33N5O7/c1-27(23(32)17-2-3-18(24)19(25)16-17)9-11-34-13-15-35-14-12-33-10-7-26-20(29)6-8-28-21(30)4-5-22(28)31/h2-5,16H,6-15,24-25H2,1H3,(H,26,29). The van der Waals surface area contributed by atoms with Gasteiger partial charge in [0.25, 0.3) is 17.7 Å². The van der Waals surface area contributed by atoms with Crippen LogP contribution in [0.1, 0.15) is 16.8 Å². The van der Waals surface area contributed by atoms with Crippen LogP contribution in [0.2, 0.25) is 0 Å². The van der Waals surface area contributed by atoms with Crippen LogP contribution in [-0.4, -0.2) is 99.8 Å². The zero-order valence-electron chi connectivity index (χ0n) is 19.9. The van der Waals surface area contributed by atoms with Crippen LogP contribution in [0, 0.1) is 0 Å². The molecule has 0 saturated heterocycles. The molecule has 0 unspecified atom stereocenters.